The van der Waals surface area contributed by atoms with Gasteiger partial charge in [-0.05, 0) is 55.3 Å². The van der Waals surface area contributed by atoms with Crippen molar-refractivity contribution in [2.45, 2.75) is 18.9 Å². The van der Waals surface area contributed by atoms with Crippen LogP contribution in [0.25, 0.3) is 0 Å². The van der Waals surface area contributed by atoms with Gasteiger partial charge in [-0.2, -0.15) is 0 Å². The maximum Gasteiger partial charge on any atom is 0.124 e. The van der Waals surface area contributed by atoms with Crippen LogP contribution in [0.15, 0.2) is 51.4 Å². The third kappa shape index (κ3) is 4.40. The molecule has 0 fully saturated rings. The first kappa shape index (κ1) is 15.7. The normalized spacial score (nSPS) is 12.4. The minimum Gasteiger partial charge on any atom is -0.316 e. The fourth-order valence-electron chi connectivity index (χ4n) is 2.13. The Morgan fingerprint density at radius 3 is 2.35 bits per heavy atom. The van der Waals surface area contributed by atoms with Crippen LogP contribution in [0.5, 0.6) is 0 Å². The van der Waals surface area contributed by atoms with Crippen molar-refractivity contribution in [3.8, 4) is 0 Å². The predicted molar refractivity (Wildman–Crippen MR) is 88.5 cm³/mol. The standard InChI is InChI=1S/C16H16Br2FN/c1-20-15(8-11-2-5-13(17)6-3-11)9-12-4-7-14(19)10-16(12)18/h2-7,10,15,20H,8-9H2,1H3. The Morgan fingerprint density at radius 1 is 1.05 bits per heavy atom. The van der Waals surface area contributed by atoms with E-state index in [9.17, 15) is 4.39 Å². The Balaban J connectivity index is 2.07. The highest BCUT2D eigenvalue weighted by Gasteiger charge is 2.11. The molecule has 1 N–H and O–H groups in total. The Hall–Kier alpha value is -0.710. The van der Waals surface area contributed by atoms with Crippen LogP contribution in [0.2, 0.25) is 0 Å². The molecule has 0 aliphatic carbocycles. The Labute approximate surface area is 135 Å². The topological polar surface area (TPSA) is 12.0 Å². The molecule has 1 unspecified atom stereocenters. The summed E-state index contributed by atoms with van der Waals surface area (Å²) in [5, 5.41) is 3.33. The number of hydrogen-bond donors (Lipinski definition) is 1. The number of nitrogens with one attached hydrogen (secondary N) is 1. The van der Waals surface area contributed by atoms with Gasteiger partial charge in [0.05, 0.1) is 0 Å². The van der Waals surface area contributed by atoms with Gasteiger partial charge in [-0.3, -0.25) is 0 Å². The van der Waals surface area contributed by atoms with E-state index in [4.69, 9.17) is 0 Å². The van der Waals surface area contributed by atoms with Gasteiger partial charge in [0.1, 0.15) is 5.82 Å². The summed E-state index contributed by atoms with van der Waals surface area (Å²) in [6, 6.07) is 13.5. The molecule has 0 aliphatic rings. The Kier molecular flexibility index (Phi) is 5.75. The molecule has 2 aromatic rings. The van der Waals surface area contributed by atoms with Gasteiger partial charge in [-0.25, -0.2) is 4.39 Å². The van der Waals surface area contributed by atoms with Crippen molar-refractivity contribution in [2.75, 3.05) is 7.05 Å². The van der Waals surface area contributed by atoms with Crippen LogP contribution in [0, 0.1) is 5.82 Å². The first-order valence-electron chi connectivity index (χ1n) is 6.44. The molecule has 0 spiro atoms. The molecule has 0 aromatic heterocycles. The van der Waals surface area contributed by atoms with Gasteiger partial charge in [-0.1, -0.05) is 50.1 Å². The summed E-state index contributed by atoms with van der Waals surface area (Å²) in [5.74, 6) is -0.213. The maximum atomic E-state index is 13.1. The van der Waals surface area contributed by atoms with E-state index in [1.54, 1.807) is 0 Å². The molecule has 0 heterocycles. The second kappa shape index (κ2) is 7.34. The number of benzene rings is 2. The van der Waals surface area contributed by atoms with Gasteiger partial charge in [0, 0.05) is 15.0 Å². The minimum absolute atomic E-state index is 0.213. The van der Waals surface area contributed by atoms with E-state index in [-0.39, 0.29) is 5.82 Å². The van der Waals surface area contributed by atoms with Gasteiger partial charge >= 0.3 is 0 Å². The van der Waals surface area contributed by atoms with Gasteiger partial charge < -0.3 is 5.32 Å². The highest BCUT2D eigenvalue weighted by Crippen LogP contribution is 2.21. The Morgan fingerprint density at radius 2 is 1.75 bits per heavy atom. The summed E-state index contributed by atoms with van der Waals surface area (Å²) in [4.78, 5) is 0. The Bertz CT molecular complexity index is 569. The molecule has 2 aromatic carbocycles. The summed E-state index contributed by atoms with van der Waals surface area (Å²) in [6.45, 7) is 0. The maximum absolute atomic E-state index is 13.1. The quantitative estimate of drug-likeness (QED) is 0.765. The van der Waals surface area contributed by atoms with E-state index in [0.717, 1.165) is 27.4 Å². The van der Waals surface area contributed by atoms with Crippen LogP contribution in [0.4, 0.5) is 4.39 Å². The average Bonchev–Trinajstić information content (AvgIpc) is 2.43. The van der Waals surface area contributed by atoms with Crippen molar-refractivity contribution in [1.82, 2.24) is 5.32 Å². The summed E-state index contributed by atoms with van der Waals surface area (Å²) in [6.07, 6.45) is 1.79. The minimum atomic E-state index is -0.213. The fraction of sp³-hybridized carbons (Fsp3) is 0.250. The first-order valence-corrected chi connectivity index (χ1v) is 8.02. The van der Waals surface area contributed by atoms with E-state index in [2.05, 4.69) is 61.4 Å². The molecule has 0 saturated heterocycles. The molecule has 0 saturated carbocycles. The molecule has 0 amide bonds. The summed E-state index contributed by atoms with van der Waals surface area (Å²) in [5.41, 5.74) is 2.40. The van der Waals surface area contributed by atoms with Gasteiger partial charge in [0.2, 0.25) is 0 Å². The first-order chi connectivity index (χ1) is 9.58. The van der Waals surface area contributed by atoms with Crippen molar-refractivity contribution in [3.05, 3.63) is 68.4 Å². The molecule has 20 heavy (non-hydrogen) atoms. The van der Waals surface area contributed by atoms with Gasteiger partial charge in [0.15, 0.2) is 0 Å². The molecule has 1 atom stereocenters. The monoisotopic (exact) mass is 399 g/mol. The lowest BCUT2D eigenvalue weighted by Gasteiger charge is -2.17. The summed E-state index contributed by atoms with van der Waals surface area (Å²) >= 11 is 6.87. The highest BCUT2D eigenvalue weighted by atomic mass is 79.9. The van der Waals surface area contributed by atoms with E-state index < -0.39 is 0 Å². The average molecular weight is 401 g/mol. The van der Waals surface area contributed by atoms with E-state index in [1.165, 1.54) is 17.7 Å². The predicted octanol–water partition coefficient (Wildman–Crippen LogP) is 4.72. The number of hydrogen-bond acceptors (Lipinski definition) is 1. The van der Waals surface area contributed by atoms with Crippen molar-refractivity contribution < 1.29 is 4.39 Å². The molecule has 0 aliphatic heterocycles. The smallest absolute Gasteiger partial charge is 0.124 e. The van der Waals surface area contributed by atoms with Crippen LogP contribution in [0.1, 0.15) is 11.1 Å². The molecule has 106 valence electrons. The van der Waals surface area contributed by atoms with Crippen molar-refractivity contribution in [1.29, 1.82) is 0 Å². The third-order valence-electron chi connectivity index (χ3n) is 3.29. The van der Waals surface area contributed by atoms with Crippen molar-refractivity contribution >= 4 is 31.9 Å². The van der Waals surface area contributed by atoms with E-state index >= 15 is 0 Å². The molecular weight excluding hydrogens is 385 g/mol. The zero-order valence-corrected chi connectivity index (χ0v) is 14.3. The molecule has 2 rings (SSSR count). The number of likely N-dealkylation sites (N-methyl/N-ethyl adjacent to an activating group) is 1. The lowest BCUT2D eigenvalue weighted by atomic mass is 9.99. The van der Waals surface area contributed by atoms with E-state index in [0.29, 0.717) is 6.04 Å². The largest absolute Gasteiger partial charge is 0.316 e. The fourth-order valence-corrected chi connectivity index (χ4v) is 2.91. The number of halogens is 3. The van der Waals surface area contributed by atoms with Crippen molar-refractivity contribution in [2.24, 2.45) is 0 Å². The van der Waals surface area contributed by atoms with Gasteiger partial charge in [0.25, 0.3) is 0 Å². The van der Waals surface area contributed by atoms with E-state index in [1.807, 2.05) is 13.1 Å². The van der Waals surface area contributed by atoms with Crippen molar-refractivity contribution in [3.63, 3.8) is 0 Å². The molecule has 0 bridgehead atoms. The third-order valence-corrected chi connectivity index (χ3v) is 4.55. The van der Waals surface area contributed by atoms with Crippen LogP contribution in [0.3, 0.4) is 0 Å². The molecule has 0 radical (unpaired) electrons. The SMILES string of the molecule is CNC(Cc1ccc(Br)cc1)Cc1ccc(F)cc1Br. The second-order valence-electron chi connectivity index (χ2n) is 4.76. The molecule has 1 nitrogen and oxygen atoms in total. The van der Waals surface area contributed by atoms with Gasteiger partial charge in [-0.15, -0.1) is 0 Å². The zero-order chi connectivity index (χ0) is 14.5. The van der Waals surface area contributed by atoms with Crippen LogP contribution in [-0.4, -0.2) is 13.1 Å². The lowest BCUT2D eigenvalue weighted by Crippen LogP contribution is -2.30. The van der Waals surface area contributed by atoms with Crippen LogP contribution in [-0.2, 0) is 12.8 Å². The zero-order valence-electron chi connectivity index (χ0n) is 11.2. The number of rotatable bonds is 5. The summed E-state index contributed by atoms with van der Waals surface area (Å²) < 4.78 is 15.0. The van der Waals surface area contributed by atoms with Crippen LogP contribution < -0.4 is 5.32 Å². The second-order valence-corrected chi connectivity index (χ2v) is 6.53. The molecule has 4 heteroatoms. The highest BCUT2D eigenvalue weighted by molar-refractivity contribution is 9.10. The van der Waals surface area contributed by atoms with Crippen LogP contribution >= 0.6 is 31.9 Å². The lowest BCUT2D eigenvalue weighted by molar-refractivity contribution is 0.554. The summed E-state index contributed by atoms with van der Waals surface area (Å²) in [7, 11) is 1.96. The molecular formula is C16H16Br2FN.